The zero-order valence-corrected chi connectivity index (χ0v) is 13.6. The summed E-state index contributed by atoms with van der Waals surface area (Å²) in [5, 5.41) is 4.76. The van der Waals surface area contributed by atoms with E-state index in [2.05, 4.69) is 46.4 Å². The normalized spacial score (nSPS) is 23.7. The summed E-state index contributed by atoms with van der Waals surface area (Å²) >= 11 is 5.28. The fourth-order valence-corrected chi connectivity index (χ4v) is 4.48. The predicted molar refractivity (Wildman–Crippen MR) is 87.0 cm³/mol. The van der Waals surface area contributed by atoms with Gasteiger partial charge in [0.05, 0.1) is 10.2 Å². The first-order valence-corrected chi connectivity index (χ1v) is 8.70. The van der Waals surface area contributed by atoms with Crippen molar-refractivity contribution < 1.29 is 0 Å². The Balaban J connectivity index is 1.80. The van der Waals surface area contributed by atoms with Crippen LogP contribution in [0.15, 0.2) is 22.7 Å². The number of nitrogens with zero attached hydrogens (tertiary/aromatic N) is 1. The number of hydrogen-bond donors (Lipinski definition) is 1. The van der Waals surface area contributed by atoms with Crippen molar-refractivity contribution in [2.75, 3.05) is 5.32 Å². The van der Waals surface area contributed by atoms with E-state index in [9.17, 15) is 0 Å². The lowest BCUT2D eigenvalue weighted by Gasteiger charge is -2.31. The van der Waals surface area contributed by atoms with Crippen molar-refractivity contribution in [1.29, 1.82) is 0 Å². The fraction of sp³-hybridized carbons (Fsp3) is 0.533. The number of rotatable bonds is 3. The number of nitrogens with one attached hydrogen (secondary N) is 1. The molecule has 2 atom stereocenters. The first-order valence-electron chi connectivity index (χ1n) is 7.09. The van der Waals surface area contributed by atoms with Gasteiger partial charge in [-0.3, -0.25) is 0 Å². The summed E-state index contributed by atoms with van der Waals surface area (Å²) in [6.45, 7) is 2.31. The number of fused-ring (bicyclic) bond motifs is 1. The Hall–Kier alpha value is -0.610. The van der Waals surface area contributed by atoms with Crippen LogP contribution in [-0.2, 0) is 0 Å². The first-order chi connectivity index (χ1) is 9.26. The molecular weight excluding hydrogens is 320 g/mol. The van der Waals surface area contributed by atoms with Crippen LogP contribution >= 0.6 is 27.3 Å². The molecule has 4 heteroatoms. The zero-order valence-electron chi connectivity index (χ0n) is 11.2. The highest BCUT2D eigenvalue weighted by Gasteiger charge is 2.24. The molecule has 1 aromatic heterocycles. The van der Waals surface area contributed by atoms with E-state index in [0.717, 1.165) is 21.0 Å². The summed E-state index contributed by atoms with van der Waals surface area (Å²) in [5.41, 5.74) is 1.10. The van der Waals surface area contributed by atoms with E-state index in [1.54, 1.807) is 11.3 Å². The molecule has 0 aliphatic heterocycles. The average Bonchev–Trinajstić information content (AvgIpc) is 2.80. The van der Waals surface area contributed by atoms with Crippen LogP contribution in [0.2, 0.25) is 0 Å². The van der Waals surface area contributed by atoms with Crippen LogP contribution in [0.1, 0.15) is 39.0 Å². The third kappa shape index (κ3) is 2.95. The second-order valence-electron chi connectivity index (χ2n) is 5.33. The number of aromatic nitrogens is 1. The monoisotopic (exact) mass is 338 g/mol. The van der Waals surface area contributed by atoms with Gasteiger partial charge in [-0.1, -0.05) is 53.5 Å². The lowest BCUT2D eigenvalue weighted by molar-refractivity contribution is 0.317. The van der Waals surface area contributed by atoms with Gasteiger partial charge < -0.3 is 5.32 Å². The highest BCUT2D eigenvalue weighted by atomic mass is 79.9. The van der Waals surface area contributed by atoms with Crippen LogP contribution in [0.25, 0.3) is 10.2 Å². The molecule has 0 amide bonds. The van der Waals surface area contributed by atoms with Crippen molar-refractivity contribution in [1.82, 2.24) is 4.98 Å². The maximum atomic E-state index is 4.70. The average molecular weight is 339 g/mol. The Labute approximate surface area is 126 Å². The van der Waals surface area contributed by atoms with Crippen LogP contribution in [0.3, 0.4) is 0 Å². The second-order valence-corrected chi connectivity index (χ2v) is 7.28. The molecule has 1 heterocycles. The van der Waals surface area contributed by atoms with Gasteiger partial charge in [-0.2, -0.15) is 0 Å². The topological polar surface area (TPSA) is 24.9 Å². The van der Waals surface area contributed by atoms with Crippen molar-refractivity contribution >= 4 is 42.6 Å². The van der Waals surface area contributed by atoms with E-state index in [0.29, 0.717) is 6.04 Å². The second kappa shape index (κ2) is 5.80. The largest absolute Gasteiger partial charge is 0.358 e. The Morgan fingerprint density at radius 1 is 1.37 bits per heavy atom. The summed E-state index contributed by atoms with van der Waals surface area (Å²) in [6.07, 6.45) is 6.67. The van der Waals surface area contributed by atoms with E-state index in [1.807, 2.05) is 0 Å². The molecule has 1 aliphatic carbocycles. The van der Waals surface area contributed by atoms with Gasteiger partial charge in [-0.05, 0) is 37.0 Å². The molecule has 19 heavy (non-hydrogen) atoms. The highest BCUT2D eigenvalue weighted by Crippen LogP contribution is 2.33. The molecule has 1 N–H and O–H groups in total. The van der Waals surface area contributed by atoms with Gasteiger partial charge >= 0.3 is 0 Å². The van der Waals surface area contributed by atoms with E-state index in [1.165, 1.54) is 36.8 Å². The van der Waals surface area contributed by atoms with Gasteiger partial charge in [-0.15, -0.1) is 0 Å². The molecule has 3 rings (SSSR count). The maximum Gasteiger partial charge on any atom is 0.184 e. The van der Waals surface area contributed by atoms with Crippen molar-refractivity contribution in [2.24, 2.45) is 5.92 Å². The van der Waals surface area contributed by atoms with Gasteiger partial charge in [0, 0.05) is 10.5 Å². The van der Waals surface area contributed by atoms with E-state index in [4.69, 9.17) is 4.98 Å². The molecule has 0 bridgehead atoms. The van der Waals surface area contributed by atoms with Crippen LogP contribution in [-0.4, -0.2) is 11.0 Å². The molecule has 2 unspecified atom stereocenters. The molecule has 2 aromatic rings. The summed E-state index contributed by atoms with van der Waals surface area (Å²) in [6, 6.07) is 6.90. The molecule has 1 aliphatic rings. The molecule has 1 saturated carbocycles. The molecule has 0 saturated heterocycles. The fourth-order valence-electron chi connectivity index (χ4n) is 3.01. The van der Waals surface area contributed by atoms with Crippen LogP contribution < -0.4 is 5.32 Å². The minimum absolute atomic E-state index is 0.614. The summed E-state index contributed by atoms with van der Waals surface area (Å²) in [7, 11) is 0. The third-order valence-corrected chi connectivity index (χ3v) is 5.54. The minimum Gasteiger partial charge on any atom is -0.358 e. The zero-order chi connectivity index (χ0) is 13.2. The van der Waals surface area contributed by atoms with E-state index in [-0.39, 0.29) is 0 Å². The standard InChI is InChI=1S/C15H19BrN2S/c1-2-10-5-3-4-6-12(10)17-15-18-13-8-7-11(16)9-14(13)19-15/h7-10,12H,2-6H2,1H3,(H,17,18). The van der Waals surface area contributed by atoms with Crippen LogP contribution in [0.5, 0.6) is 0 Å². The van der Waals surface area contributed by atoms with Gasteiger partial charge in [0.1, 0.15) is 0 Å². The van der Waals surface area contributed by atoms with E-state index >= 15 is 0 Å². The number of hydrogen-bond acceptors (Lipinski definition) is 3. The lowest BCUT2D eigenvalue weighted by Crippen LogP contribution is -2.31. The maximum absolute atomic E-state index is 4.70. The lowest BCUT2D eigenvalue weighted by atomic mass is 9.83. The van der Waals surface area contributed by atoms with Gasteiger partial charge in [0.25, 0.3) is 0 Å². The Morgan fingerprint density at radius 3 is 3.05 bits per heavy atom. The van der Waals surface area contributed by atoms with Crippen molar-refractivity contribution in [3.05, 3.63) is 22.7 Å². The van der Waals surface area contributed by atoms with Crippen LogP contribution in [0.4, 0.5) is 5.13 Å². The Morgan fingerprint density at radius 2 is 2.21 bits per heavy atom. The summed E-state index contributed by atoms with van der Waals surface area (Å²) < 4.78 is 2.38. The predicted octanol–water partition coefficient (Wildman–Crippen LogP) is 5.44. The molecule has 1 aromatic carbocycles. The number of anilines is 1. The summed E-state index contributed by atoms with van der Waals surface area (Å²) in [5.74, 6) is 0.812. The van der Waals surface area contributed by atoms with Gasteiger partial charge in [-0.25, -0.2) is 4.98 Å². The number of thiazole rings is 1. The molecule has 2 nitrogen and oxygen atoms in total. The smallest absolute Gasteiger partial charge is 0.184 e. The SMILES string of the molecule is CCC1CCCCC1Nc1nc2ccc(Br)cc2s1. The number of benzene rings is 1. The summed E-state index contributed by atoms with van der Waals surface area (Å²) in [4.78, 5) is 4.70. The molecular formula is C15H19BrN2S. The van der Waals surface area contributed by atoms with Crippen LogP contribution in [0, 0.1) is 5.92 Å². The molecule has 0 radical (unpaired) electrons. The van der Waals surface area contributed by atoms with Gasteiger partial charge in [0.2, 0.25) is 0 Å². The Kier molecular flexibility index (Phi) is 4.08. The van der Waals surface area contributed by atoms with E-state index < -0.39 is 0 Å². The highest BCUT2D eigenvalue weighted by molar-refractivity contribution is 9.10. The van der Waals surface area contributed by atoms with Crippen molar-refractivity contribution in [3.63, 3.8) is 0 Å². The number of halogens is 1. The third-order valence-electron chi connectivity index (χ3n) is 4.09. The molecule has 0 spiro atoms. The minimum atomic E-state index is 0.614. The molecule has 102 valence electrons. The Bertz CT molecular complexity index is 566. The van der Waals surface area contributed by atoms with Crippen molar-refractivity contribution in [3.8, 4) is 0 Å². The first kappa shape index (κ1) is 13.4. The van der Waals surface area contributed by atoms with Crippen molar-refractivity contribution in [2.45, 2.75) is 45.1 Å². The molecule has 1 fully saturated rings. The quantitative estimate of drug-likeness (QED) is 0.805. The van der Waals surface area contributed by atoms with Gasteiger partial charge in [0.15, 0.2) is 5.13 Å².